The molecule has 0 aliphatic carbocycles. The third-order valence-corrected chi connectivity index (χ3v) is 20.0. The van der Waals surface area contributed by atoms with Gasteiger partial charge in [-0.3, -0.25) is 9.59 Å². The maximum atomic E-state index is 14.9. The van der Waals surface area contributed by atoms with Crippen molar-refractivity contribution in [3.63, 3.8) is 0 Å². The highest BCUT2D eigenvalue weighted by Crippen LogP contribution is 2.40. The molecule has 0 spiro atoms. The number of hydrogen-bond acceptors (Lipinski definition) is 12. The second-order valence-corrected chi connectivity index (χ2v) is 27.0. The van der Waals surface area contributed by atoms with E-state index in [-0.39, 0.29) is 11.6 Å². The molecule has 12 aromatic rings. The summed E-state index contributed by atoms with van der Waals surface area (Å²) >= 11 is 0. The SMILES string of the molecule is CCCCC(CC)Cn1c2ccc(C(=O)c3c(OCC)ccc4ccccc34)cc2c2cc(/C(=N/OC(C)=O)c3ccccc3OCCCCCCOc3ccccc3/C(=N\OC(C)=O)c3ccc4c(c3)c3cc(C(=O)c5c(OCC)ccc6ccccc56)ccc3n4CC(CC)CCCC)ccc21. The Morgan fingerprint density at radius 1 is 0.365 bits per heavy atom. The molecule has 0 N–H and O–H groups in total. The van der Waals surface area contributed by atoms with Gasteiger partial charge in [-0.15, -0.1) is 0 Å². The number of carbonyl (C=O) groups is 4. The molecule has 10 aromatic carbocycles. The summed E-state index contributed by atoms with van der Waals surface area (Å²) in [6.07, 6.45) is 12.0. The summed E-state index contributed by atoms with van der Waals surface area (Å²) in [6, 6.07) is 63.5. The van der Waals surface area contributed by atoms with Crippen molar-refractivity contribution in [3.05, 3.63) is 239 Å². The van der Waals surface area contributed by atoms with Gasteiger partial charge in [0.2, 0.25) is 0 Å². The maximum Gasteiger partial charge on any atom is 0.332 e. The van der Waals surface area contributed by atoms with Crippen LogP contribution in [0.5, 0.6) is 23.0 Å². The normalized spacial score (nSPS) is 12.5. The molecule has 0 radical (unpaired) electrons. The molecule has 2 heterocycles. The standard InChI is InChI=1S/C90H94N4O10/c1-9-15-29-61(11-3)57-93-77-45-39-65(53-73(77)75-55-67(41-47-79(75)93)89(97)85-69-33-21-19-31-63(69)43-49-83(85)99-13-5)87(91-103-59(7)95)71-35-23-25-37-81(71)101-51-27-17-18-28-52-102-82-38-26-24-36-72(82)88(92-104-60(8)96)66-40-46-78-74(54-66)76-56-68(42-48-80(76)94(78)58-62(12-4)30-16-10-2)90(98)86-70-34-22-20-32-64(70)44-50-84(86)100-14-6/h19-26,31-50,53-56,61-62H,9-18,27-30,51-52,57-58H2,1-8H3/b91-87-,92-88-. The number of aromatic nitrogens is 2. The first kappa shape index (κ1) is 72.9. The Morgan fingerprint density at radius 2 is 0.731 bits per heavy atom. The number of nitrogens with zero attached hydrogens (tertiary/aromatic N) is 4. The minimum atomic E-state index is -0.557. The molecule has 2 aromatic heterocycles. The van der Waals surface area contributed by atoms with E-state index in [1.165, 1.54) is 13.8 Å². The summed E-state index contributed by atoms with van der Waals surface area (Å²) < 4.78 is 30.2. The van der Waals surface area contributed by atoms with Gasteiger partial charge in [-0.2, -0.15) is 0 Å². The Morgan fingerprint density at radius 3 is 1.11 bits per heavy atom. The summed E-state index contributed by atoms with van der Waals surface area (Å²) in [5.41, 5.74) is 9.86. The number of benzene rings is 10. The number of para-hydroxylation sites is 2. The Kier molecular flexibility index (Phi) is 24.1. The fourth-order valence-electron chi connectivity index (χ4n) is 14.6. The van der Waals surface area contributed by atoms with E-state index in [0.717, 1.165) is 155 Å². The van der Waals surface area contributed by atoms with Crippen molar-refractivity contribution in [2.24, 2.45) is 22.1 Å². The fraction of sp³-hybridized carbons (Fsp3) is 0.311. The van der Waals surface area contributed by atoms with Gasteiger partial charge in [0.1, 0.15) is 34.4 Å². The summed E-state index contributed by atoms with van der Waals surface area (Å²) in [5, 5.41) is 16.4. The van der Waals surface area contributed by atoms with Crippen LogP contribution in [0.4, 0.5) is 0 Å². The van der Waals surface area contributed by atoms with Gasteiger partial charge in [-0.25, -0.2) is 9.59 Å². The van der Waals surface area contributed by atoms with E-state index in [1.54, 1.807) is 0 Å². The monoisotopic (exact) mass is 1390 g/mol. The van der Waals surface area contributed by atoms with E-state index in [0.29, 0.717) is 117 Å². The summed E-state index contributed by atoms with van der Waals surface area (Å²) in [5.74, 6) is 1.81. The average Bonchev–Trinajstić information content (AvgIpc) is 1.62. The first-order chi connectivity index (χ1) is 50.8. The Bertz CT molecular complexity index is 4850. The molecule has 0 bridgehead atoms. The van der Waals surface area contributed by atoms with Crippen molar-refractivity contribution >= 4 is 100 Å². The van der Waals surface area contributed by atoms with Crippen LogP contribution in [0.2, 0.25) is 0 Å². The van der Waals surface area contributed by atoms with Crippen LogP contribution in [0, 0.1) is 11.8 Å². The summed E-state index contributed by atoms with van der Waals surface area (Å²) in [7, 11) is 0. The topological polar surface area (TPSA) is 158 Å². The molecule has 0 fully saturated rings. The van der Waals surface area contributed by atoms with E-state index in [2.05, 4.69) is 83.5 Å². The lowest BCUT2D eigenvalue weighted by Crippen LogP contribution is -2.11. The largest absolute Gasteiger partial charge is 0.493 e. The highest BCUT2D eigenvalue weighted by Gasteiger charge is 2.27. The van der Waals surface area contributed by atoms with Crippen LogP contribution in [0.15, 0.2) is 204 Å². The molecule has 0 amide bonds. The molecule has 0 saturated heterocycles. The molecule has 0 aliphatic heterocycles. The van der Waals surface area contributed by atoms with Gasteiger partial charge in [0.05, 0.1) is 37.6 Å². The van der Waals surface area contributed by atoms with Gasteiger partial charge >= 0.3 is 11.9 Å². The maximum absolute atomic E-state index is 14.9. The molecular formula is C90H94N4O10. The molecule has 0 aliphatic rings. The zero-order valence-corrected chi connectivity index (χ0v) is 61.2. The number of ether oxygens (including phenoxy) is 4. The van der Waals surface area contributed by atoms with Crippen LogP contribution >= 0.6 is 0 Å². The highest BCUT2D eigenvalue weighted by atomic mass is 16.7. The Hall–Kier alpha value is -10.9. The van der Waals surface area contributed by atoms with Crippen molar-refractivity contribution in [1.82, 2.24) is 9.13 Å². The number of unbranched alkanes of at least 4 members (excludes halogenated alkanes) is 5. The average molecular weight is 1390 g/mol. The number of rotatable bonds is 35. The first-order valence-corrected chi connectivity index (χ1v) is 37.3. The van der Waals surface area contributed by atoms with Gasteiger partial charge in [0.25, 0.3) is 0 Å². The second-order valence-electron chi connectivity index (χ2n) is 27.0. The number of fused-ring (bicyclic) bond motifs is 8. The van der Waals surface area contributed by atoms with Gasteiger partial charge in [-0.05, 0) is 183 Å². The van der Waals surface area contributed by atoms with Crippen molar-refractivity contribution in [2.45, 2.75) is 146 Å². The van der Waals surface area contributed by atoms with Crippen LogP contribution in [0.25, 0.3) is 65.2 Å². The predicted octanol–water partition coefficient (Wildman–Crippen LogP) is 21.6. The summed E-state index contributed by atoms with van der Waals surface area (Å²) in [6.45, 7) is 18.8. The zero-order chi connectivity index (χ0) is 72.6. The van der Waals surface area contributed by atoms with E-state index < -0.39 is 11.9 Å². The van der Waals surface area contributed by atoms with Crippen LogP contribution < -0.4 is 18.9 Å². The molecule has 12 rings (SSSR count). The first-order valence-electron chi connectivity index (χ1n) is 37.3. The number of oxime groups is 2. The van der Waals surface area contributed by atoms with Crippen LogP contribution in [-0.2, 0) is 32.4 Å². The molecule has 534 valence electrons. The van der Waals surface area contributed by atoms with Crippen molar-refractivity contribution in [1.29, 1.82) is 0 Å². The minimum absolute atomic E-state index is 0.123. The second kappa shape index (κ2) is 34.4. The molecule has 2 atom stereocenters. The van der Waals surface area contributed by atoms with Crippen molar-refractivity contribution in [2.75, 3.05) is 26.4 Å². The van der Waals surface area contributed by atoms with E-state index in [9.17, 15) is 19.2 Å². The molecule has 2 unspecified atom stereocenters. The zero-order valence-electron chi connectivity index (χ0n) is 61.2. The van der Waals surface area contributed by atoms with Crippen molar-refractivity contribution in [3.8, 4) is 23.0 Å². The van der Waals surface area contributed by atoms with Gasteiger partial charge in [0, 0.05) is 104 Å². The lowest BCUT2D eigenvalue weighted by atomic mass is 9.95. The van der Waals surface area contributed by atoms with Gasteiger partial charge in [-0.1, -0.05) is 174 Å². The number of ketones is 2. The molecule has 14 nitrogen and oxygen atoms in total. The quantitative estimate of drug-likeness (QED) is 0.0123. The number of hydrogen-bond donors (Lipinski definition) is 0. The van der Waals surface area contributed by atoms with Gasteiger partial charge < -0.3 is 37.8 Å². The predicted molar refractivity (Wildman–Crippen MR) is 420 cm³/mol. The van der Waals surface area contributed by atoms with E-state index in [4.69, 9.17) is 28.6 Å². The molecule has 104 heavy (non-hydrogen) atoms. The van der Waals surface area contributed by atoms with Crippen LogP contribution in [-0.4, -0.2) is 70.5 Å². The highest BCUT2D eigenvalue weighted by molar-refractivity contribution is 6.24. The Labute approximate surface area is 609 Å². The van der Waals surface area contributed by atoms with Crippen molar-refractivity contribution < 1.29 is 47.8 Å². The smallest absolute Gasteiger partial charge is 0.332 e. The fourth-order valence-corrected chi connectivity index (χ4v) is 14.6. The minimum Gasteiger partial charge on any atom is -0.493 e. The van der Waals surface area contributed by atoms with Crippen LogP contribution in [0.1, 0.15) is 187 Å². The Balaban J connectivity index is 0.772. The van der Waals surface area contributed by atoms with E-state index >= 15 is 0 Å². The molecule has 14 heteroatoms. The molecular weight excluding hydrogens is 1300 g/mol. The lowest BCUT2D eigenvalue weighted by molar-refractivity contribution is -0.141. The number of carbonyl (C=O) groups excluding carboxylic acids is 4. The van der Waals surface area contributed by atoms with E-state index in [1.807, 2.05) is 172 Å². The van der Waals surface area contributed by atoms with Crippen LogP contribution in [0.3, 0.4) is 0 Å². The van der Waals surface area contributed by atoms with Gasteiger partial charge in [0.15, 0.2) is 11.6 Å². The third-order valence-electron chi connectivity index (χ3n) is 20.0. The summed E-state index contributed by atoms with van der Waals surface area (Å²) in [4.78, 5) is 66.1. The molecule has 0 saturated carbocycles. The lowest BCUT2D eigenvalue weighted by Gasteiger charge is -2.18. The third kappa shape index (κ3) is 16.1.